The fourth-order valence-electron chi connectivity index (χ4n) is 2.77. The third kappa shape index (κ3) is 6.18. The zero-order valence-electron chi connectivity index (χ0n) is 15.5. The van der Waals surface area contributed by atoms with E-state index in [1.807, 2.05) is 71.6 Å². The zero-order chi connectivity index (χ0) is 19.6. The maximum atomic E-state index is 12.3. The van der Waals surface area contributed by atoms with Crippen LogP contribution in [0.1, 0.15) is 16.7 Å². The summed E-state index contributed by atoms with van der Waals surface area (Å²) in [5.74, 6) is -0.236. The summed E-state index contributed by atoms with van der Waals surface area (Å²) in [7, 11) is 0. The summed E-state index contributed by atoms with van der Waals surface area (Å²) in [5.41, 5.74) is 3.23. The molecule has 0 aliphatic carbocycles. The Bertz CT molecular complexity index is 883. The molecule has 0 heterocycles. The van der Waals surface area contributed by atoms with Gasteiger partial charge in [-0.05, 0) is 35.0 Å². The Balaban J connectivity index is 1.68. The topological polar surface area (TPSA) is 32.3 Å². The number of nitrogens with one attached hydrogen (secondary N) is 1. The summed E-state index contributed by atoms with van der Waals surface area (Å²) in [6, 6.07) is 29.9. The van der Waals surface area contributed by atoms with Crippen LogP contribution >= 0.6 is 12.2 Å². The number of carbonyl (C=O) groups is 1. The predicted octanol–water partition coefficient (Wildman–Crippen LogP) is 4.80. The molecule has 3 nitrogen and oxygen atoms in total. The first-order valence-corrected chi connectivity index (χ1v) is 9.52. The molecule has 0 saturated carbocycles. The zero-order valence-corrected chi connectivity index (χ0v) is 16.3. The Hall–Kier alpha value is -3.24. The lowest BCUT2D eigenvalue weighted by Gasteiger charge is -2.25. The van der Waals surface area contributed by atoms with Gasteiger partial charge in [0.05, 0.1) is 0 Å². The number of nitrogens with zero attached hydrogens (tertiary/aromatic N) is 1. The van der Waals surface area contributed by atoms with Gasteiger partial charge in [-0.25, -0.2) is 0 Å². The molecule has 0 aliphatic rings. The number of hydrogen-bond acceptors (Lipinski definition) is 2. The van der Waals surface area contributed by atoms with Crippen molar-refractivity contribution in [3.63, 3.8) is 0 Å². The van der Waals surface area contributed by atoms with Crippen LogP contribution in [0.5, 0.6) is 0 Å². The summed E-state index contributed by atoms with van der Waals surface area (Å²) < 4.78 is 0. The van der Waals surface area contributed by atoms with Gasteiger partial charge in [-0.3, -0.25) is 10.1 Å². The lowest BCUT2D eigenvalue weighted by molar-refractivity contribution is -0.115. The lowest BCUT2D eigenvalue weighted by atomic mass is 10.2. The molecule has 0 aliphatic heterocycles. The number of benzene rings is 3. The first-order chi connectivity index (χ1) is 13.7. The molecule has 1 N–H and O–H groups in total. The lowest BCUT2D eigenvalue weighted by Crippen LogP contribution is -2.41. The second kappa shape index (κ2) is 10.2. The minimum Gasteiger partial charge on any atom is -0.340 e. The van der Waals surface area contributed by atoms with Crippen molar-refractivity contribution in [3.8, 4) is 0 Å². The van der Waals surface area contributed by atoms with Crippen molar-refractivity contribution < 1.29 is 4.79 Å². The quantitative estimate of drug-likeness (QED) is 0.488. The average molecular weight is 387 g/mol. The van der Waals surface area contributed by atoms with Crippen LogP contribution < -0.4 is 5.32 Å². The van der Waals surface area contributed by atoms with Crippen molar-refractivity contribution in [2.45, 2.75) is 13.1 Å². The third-order valence-electron chi connectivity index (χ3n) is 4.18. The molecule has 3 aromatic rings. The van der Waals surface area contributed by atoms with Gasteiger partial charge in [0.15, 0.2) is 5.11 Å². The molecule has 0 fully saturated rings. The van der Waals surface area contributed by atoms with Crippen LogP contribution in [-0.2, 0) is 17.9 Å². The molecule has 0 radical (unpaired) electrons. The maximum Gasteiger partial charge on any atom is 0.250 e. The molecule has 0 spiro atoms. The Labute approximate surface area is 171 Å². The van der Waals surface area contributed by atoms with E-state index in [4.69, 9.17) is 12.2 Å². The van der Waals surface area contributed by atoms with Crippen LogP contribution in [0.3, 0.4) is 0 Å². The Morgan fingerprint density at radius 3 is 1.75 bits per heavy atom. The summed E-state index contributed by atoms with van der Waals surface area (Å²) in [6.07, 6.45) is 3.28. The molecule has 0 bridgehead atoms. The molecule has 1 amide bonds. The molecular weight excluding hydrogens is 364 g/mol. The summed E-state index contributed by atoms with van der Waals surface area (Å²) >= 11 is 5.54. The van der Waals surface area contributed by atoms with E-state index < -0.39 is 0 Å². The van der Waals surface area contributed by atoms with Crippen molar-refractivity contribution in [2.75, 3.05) is 0 Å². The van der Waals surface area contributed by atoms with Gasteiger partial charge < -0.3 is 4.90 Å². The minimum atomic E-state index is -0.236. The van der Waals surface area contributed by atoms with Gasteiger partial charge in [0.25, 0.3) is 0 Å². The van der Waals surface area contributed by atoms with Gasteiger partial charge in [-0.1, -0.05) is 91.0 Å². The van der Waals surface area contributed by atoms with Crippen molar-refractivity contribution in [2.24, 2.45) is 0 Å². The fourth-order valence-corrected chi connectivity index (χ4v) is 3.00. The normalized spacial score (nSPS) is 10.6. The van der Waals surface area contributed by atoms with Crippen LogP contribution in [0.4, 0.5) is 0 Å². The molecule has 3 rings (SSSR count). The van der Waals surface area contributed by atoms with E-state index in [1.165, 1.54) is 6.08 Å². The van der Waals surface area contributed by atoms with Crippen LogP contribution in [0.25, 0.3) is 6.08 Å². The summed E-state index contributed by atoms with van der Waals surface area (Å²) in [4.78, 5) is 14.3. The Morgan fingerprint density at radius 2 is 1.25 bits per heavy atom. The molecule has 4 heteroatoms. The highest BCUT2D eigenvalue weighted by Crippen LogP contribution is 2.10. The van der Waals surface area contributed by atoms with Crippen molar-refractivity contribution in [3.05, 3.63) is 114 Å². The van der Waals surface area contributed by atoms with E-state index in [0.29, 0.717) is 18.2 Å². The van der Waals surface area contributed by atoms with Gasteiger partial charge in [0.1, 0.15) is 0 Å². The molecule has 0 saturated heterocycles. The predicted molar refractivity (Wildman–Crippen MR) is 118 cm³/mol. The highest BCUT2D eigenvalue weighted by Gasteiger charge is 2.13. The number of rotatable bonds is 6. The van der Waals surface area contributed by atoms with Crippen LogP contribution in [-0.4, -0.2) is 15.9 Å². The van der Waals surface area contributed by atoms with Crippen LogP contribution in [0.2, 0.25) is 0 Å². The molecule has 140 valence electrons. The number of hydrogen-bond donors (Lipinski definition) is 1. The monoisotopic (exact) mass is 386 g/mol. The van der Waals surface area contributed by atoms with Crippen molar-refractivity contribution >= 4 is 29.3 Å². The van der Waals surface area contributed by atoms with Crippen LogP contribution in [0, 0.1) is 0 Å². The van der Waals surface area contributed by atoms with E-state index in [-0.39, 0.29) is 5.91 Å². The molecule has 0 atom stereocenters. The fraction of sp³-hybridized carbons (Fsp3) is 0.0833. The maximum absolute atomic E-state index is 12.3. The second-order valence-corrected chi connectivity index (χ2v) is 6.75. The first-order valence-electron chi connectivity index (χ1n) is 9.11. The van der Waals surface area contributed by atoms with Gasteiger partial charge in [-0.2, -0.15) is 0 Å². The van der Waals surface area contributed by atoms with E-state index >= 15 is 0 Å². The largest absolute Gasteiger partial charge is 0.340 e. The highest BCUT2D eigenvalue weighted by atomic mass is 32.1. The second-order valence-electron chi connectivity index (χ2n) is 6.37. The van der Waals surface area contributed by atoms with Gasteiger partial charge in [-0.15, -0.1) is 0 Å². The van der Waals surface area contributed by atoms with E-state index in [9.17, 15) is 4.79 Å². The summed E-state index contributed by atoms with van der Waals surface area (Å²) in [6.45, 7) is 1.24. The van der Waals surface area contributed by atoms with E-state index in [2.05, 4.69) is 29.6 Å². The Morgan fingerprint density at radius 1 is 0.786 bits per heavy atom. The number of carbonyl (C=O) groups excluding carboxylic acids is 1. The molecular formula is C24H22N2OS. The van der Waals surface area contributed by atoms with Crippen LogP contribution in [0.15, 0.2) is 97.1 Å². The Kier molecular flexibility index (Phi) is 7.10. The average Bonchev–Trinajstić information content (AvgIpc) is 2.74. The third-order valence-corrected chi connectivity index (χ3v) is 4.54. The molecule has 0 aromatic heterocycles. The van der Waals surface area contributed by atoms with Crippen molar-refractivity contribution in [1.29, 1.82) is 0 Å². The molecule has 0 unspecified atom stereocenters. The number of thiocarbonyl (C=S) groups is 1. The first kappa shape index (κ1) is 19.5. The SMILES string of the molecule is O=C(/C=C/c1ccccc1)NC(=S)N(Cc1ccccc1)Cc1ccccc1. The minimum absolute atomic E-state index is 0.236. The molecule has 28 heavy (non-hydrogen) atoms. The van der Waals surface area contributed by atoms with E-state index in [1.54, 1.807) is 6.08 Å². The molecule has 3 aromatic carbocycles. The van der Waals surface area contributed by atoms with E-state index in [0.717, 1.165) is 16.7 Å². The van der Waals surface area contributed by atoms with Gasteiger partial charge in [0, 0.05) is 19.2 Å². The standard InChI is InChI=1S/C24H22N2OS/c27-23(17-16-20-10-4-1-5-11-20)25-24(28)26(18-21-12-6-2-7-13-21)19-22-14-8-3-9-15-22/h1-17H,18-19H2,(H,25,27,28)/b17-16+. The van der Waals surface area contributed by atoms with Gasteiger partial charge >= 0.3 is 0 Å². The smallest absolute Gasteiger partial charge is 0.250 e. The van der Waals surface area contributed by atoms with Gasteiger partial charge in [0.2, 0.25) is 5.91 Å². The summed E-state index contributed by atoms with van der Waals surface area (Å²) in [5, 5.41) is 3.23. The van der Waals surface area contributed by atoms with Crippen molar-refractivity contribution in [1.82, 2.24) is 10.2 Å². The number of amides is 1. The highest BCUT2D eigenvalue weighted by molar-refractivity contribution is 7.80.